The van der Waals surface area contributed by atoms with Crippen LogP contribution in [-0.2, 0) is 6.42 Å². The first kappa shape index (κ1) is 14.0. The van der Waals surface area contributed by atoms with E-state index in [1.165, 1.54) is 0 Å². The first-order valence-electron chi connectivity index (χ1n) is 6.47. The Kier molecular flexibility index (Phi) is 3.66. The monoisotopic (exact) mass is 321 g/mol. The predicted octanol–water partition coefficient (Wildman–Crippen LogP) is 4.17. The molecule has 3 rings (SSSR count). The molecule has 21 heavy (non-hydrogen) atoms. The van der Waals surface area contributed by atoms with Crippen LogP contribution in [0.5, 0.6) is 0 Å². The number of anilines is 3. The summed E-state index contributed by atoms with van der Waals surface area (Å²) in [6.45, 7) is 0.608. The van der Waals surface area contributed by atoms with Crippen LogP contribution in [-0.4, -0.2) is 12.6 Å². The van der Waals surface area contributed by atoms with Crippen LogP contribution in [0, 0.1) is 0 Å². The summed E-state index contributed by atoms with van der Waals surface area (Å²) in [6, 6.07) is 10.4. The smallest absolute Gasteiger partial charge is 0.326 e. The number of carbonyl (C=O) groups excluding carboxylic acids is 1. The van der Waals surface area contributed by atoms with Crippen molar-refractivity contribution in [2.45, 2.75) is 6.42 Å². The Bertz CT molecular complexity index is 718. The first-order valence-corrected chi connectivity index (χ1v) is 7.23. The number of hydrogen-bond donors (Lipinski definition) is 2. The molecule has 0 saturated carbocycles. The van der Waals surface area contributed by atoms with E-state index in [0.29, 0.717) is 28.0 Å². The number of urea groups is 1. The molecule has 0 saturated heterocycles. The number of nitrogens with zero attached hydrogens (tertiary/aromatic N) is 1. The fourth-order valence-electron chi connectivity index (χ4n) is 2.45. The van der Waals surface area contributed by atoms with E-state index in [4.69, 9.17) is 28.9 Å². The number of fused-ring (bicyclic) bond motifs is 1. The van der Waals surface area contributed by atoms with Gasteiger partial charge in [-0.2, -0.15) is 0 Å². The average Bonchev–Trinajstić information content (AvgIpc) is 2.88. The minimum atomic E-state index is -0.231. The van der Waals surface area contributed by atoms with E-state index in [0.717, 1.165) is 17.7 Å². The van der Waals surface area contributed by atoms with Crippen LogP contribution in [0.4, 0.5) is 21.9 Å². The van der Waals surface area contributed by atoms with Gasteiger partial charge in [-0.15, -0.1) is 0 Å². The van der Waals surface area contributed by atoms with Crippen LogP contribution < -0.4 is 16.0 Å². The number of nitrogens with two attached hydrogens (primary N) is 1. The highest BCUT2D eigenvalue weighted by atomic mass is 35.5. The van der Waals surface area contributed by atoms with Crippen molar-refractivity contribution in [2.24, 2.45) is 0 Å². The summed E-state index contributed by atoms with van der Waals surface area (Å²) < 4.78 is 0. The molecule has 1 heterocycles. The maximum Gasteiger partial charge on any atom is 0.326 e. The molecule has 0 spiro atoms. The summed E-state index contributed by atoms with van der Waals surface area (Å²) in [6.07, 6.45) is 0.801. The van der Waals surface area contributed by atoms with Crippen LogP contribution in [0.3, 0.4) is 0 Å². The second-order valence-electron chi connectivity index (χ2n) is 4.82. The molecule has 2 aromatic carbocycles. The minimum Gasteiger partial charge on any atom is -0.397 e. The van der Waals surface area contributed by atoms with E-state index >= 15 is 0 Å². The molecule has 4 nitrogen and oxygen atoms in total. The van der Waals surface area contributed by atoms with Crippen LogP contribution in [0.15, 0.2) is 36.4 Å². The molecule has 0 bridgehead atoms. The Labute approximate surface area is 132 Å². The first-order chi connectivity index (χ1) is 10.1. The van der Waals surface area contributed by atoms with Crippen molar-refractivity contribution in [3.8, 4) is 0 Å². The summed E-state index contributed by atoms with van der Waals surface area (Å²) in [5.74, 6) is 0. The second kappa shape index (κ2) is 5.47. The van der Waals surface area contributed by atoms with Gasteiger partial charge in [-0.3, -0.25) is 4.90 Å². The van der Waals surface area contributed by atoms with Gasteiger partial charge in [0.25, 0.3) is 0 Å². The number of para-hydroxylation sites is 1. The summed E-state index contributed by atoms with van der Waals surface area (Å²) >= 11 is 11.8. The standard InChI is InChI=1S/C15H13Cl2N3O/c16-11-5-4-10(8-12(11)17)19-15(21)20-7-6-9-2-1-3-13(18)14(9)20/h1-5,8H,6-7,18H2,(H,19,21). The van der Waals surface area contributed by atoms with Crippen molar-refractivity contribution in [1.29, 1.82) is 0 Å². The third-order valence-corrected chi connectivity index (χ3v) is 4.18. The van der Waals surface area contributed by atoms with Gasteiger partial charge in [-0.05, 0) is 36.2 Å². The van der Waals surface area contributed by atoms with E-state index in [-0.39, 0.29) is 6.03 Å². The zero-order valence-electron chi connectivity index (χ0n) is 11.1. The Morgan fingerprint density at radius 1 is 1.19 bits per heavy atom. The van der Waals surface area contributed by atoms with Crippen LogP contribution >= 0.6 is 23.2 Å². The lowest BCUT2D eigenvalue weighted by Gasteiger charge is -2.19. The molecule has 6 heteroatoms. The Hall–Kier alpha value is -1.91. The van der Waals surface area contributed by atoms with Crippen molar-refractivity contribution in [3.05, 3.63) is 52.0 Å². The maximum atomic E-state index is 12.4. The molecule has 108 valence electrons. The molecule has 2 amide bonds. The van der Waals surface area contributed by atoms with Gasteiger partial charge in [0.05, 0.1) is 21.4 Å². The van der Waals surface area contributed by atoms with Crippen molar-refractivity contribution in [2.75, 3.05) is 22.5 Å². The van der Waals surface area contributed by atoms with Gasteiger partial charge < -0.3 is 11.1 Å². The van der Waals surface area contributed by atoms with Gasteiger partial charge in [0.1, 0.15) is 0 Å². The van der Waals surface area contributed by atoms with Crippen LogP contribution in [0.25, 0.3) is 0 Å². The number of rotatable bonds is 1. The molecule has 0 aromatic heterocycles. The van der Waals surface area contributed by atoms with Crippen molar-refractivity contribution < 1.29 is 4.79 Å². The van der Waals surface area contributed by atoms with E-state index < -0.39 is 0 Å². The SMILES string of the molecule is Nc1cccc2c1N(C(=O)Nc1ccc(Cl)c(Cl)c1)CC2. The van der Waals surface area contributed by atoms with Gasteiger partial charge in [0.15, 0.2) is 0 Å². The molecule has 0 unspecified atom stereocenters. The molecule has 3 N–H and O–H groups in total. The lowest BCUT2D eigenvalue weighted by Crippen LogP contribution is -2.33. The largest absolute Gasteiger partial charge is 0.397 e. The third kappa shape index (κ3) is 2.64. The van der Waals surface area contributed by atoms with E-state index in [9.17, 15) is 4.79 Å². The van der Waals surface area contributed by atoms with Crippen molar-refractivity contribution >= 4 is 46.3 Å². The number of carbonyl (C=O) groups is 1. The fraction of sp³-hybridized carbons (Fsp3) is 0.133. The molecule has 2 aromatic rings. The predicted molar refractivity (Wildman–Crippen MR) is 87.4 cm³/mol. The molecule has 0 atom stereocenters. The molecule has 0 fully saturated rings. The number of halogens is 2. The fourth-order valence-corrected chi connectivity index (χ4v) is 2.75. The molecule has 1 aliphatic heterocycles. The quantitative estimate of drug-likeness (QED) is 0.774. The molecular weight excluding hydrogens is 309 g/mol. The number of nitrogen functional groups attached to an aromatic ring is 1. The highest BCUT2D eigenvalue weighted by Gasteiger charge is 2.26. The van der Waals surface area contributed by atoms with Gasteiger partial charge in [0.2, 0.25) is 0 Å². The lowest BCUT2D eigenvalue weighted by atomic mass is 10.1. The topological polar surface area (TPSA) is 58.4 Å². The average molecular weight is 322 g/mol. The van der Waals surface area contributed by atoms with Gasteiger partial charge in [0, 0.05) is 12.2 Å². The Morgan fingerprint density at radius 2 is 2.00 bits per heavy atom. The molecular formula is C15H13Cl2N3O. The number of benzene rings is 2. The Balaban J connectivity index is 1.83. The zero-order valence-corrected chi connectivity index (χ0v) is 12.6. The highest BCUT2D eigenvalue weighted by molar-refractivity contribution is 6.42. The van der Waals surface area contributed by atoms with E-state index in [2.05, 4.69) is 5.32 Å². The van der Waals surface area contributed by atoms with Crippen molar-refractivity contribution in [3.63, 3.8) is 0 Å². The van der Waals surface area contributed by atoms with Crippen LogP contribution in [0.1, 0.15) is 5.56 Å². The molecule has 0 aliphatic carbocycles. The summed E-state index contributed by atoms with van der Waals surface area (Å²) in [5, 5.41) is 3.66. The number of amides is 2. The third-order valence-electron chi connectivity index (χ3n) is 3.44. The van der Waals surface area contributed by atoms with Crippen LogP contribution in [0.2, 0.25) is 10.0 Å². The normalized spacial score (nSPS) is 13.1. The number of hydrogen-bond acceptors (Lipinski definition) is 2. The summed E-state index contributed by atoms with van der Waals surface area (Å²) in [7, 11) is 0. The lowest BCUT2D eigenvalue weighted by molar-refractivity contribution is 0.257. The van der Waals surface area contributed by atoms with E-state index in [1.54, 1.807) is 29.2 Å². The minimum absolute atomic E-state index is 0.231. The zero-order chi connectivity index (χ0) is 15.0. The van der Waals surface area contributed by atoms with Crippen molar-refractivity contribution in [1.82, 2.24) is 0 Å². The van der Waals surface area contributed by atoms with Gasteiger partial charge in [-0.25, -0.2) is 4.79 Å². The molecule has 0 radical (unpaired) electrons. The second-order valence-corrected chi connectivity index (χ2v) is 5.63. The summed E-state index contributed by atoms with van der Waals surface area (Å²) in [5.41, 5.74) is 9.05. The van der Waals surface area contributed by atoms with E-state index in [1.807, 2.05) is 12.1 Å². The number of nitrogens with one attached hydrogen (secondary N) is 1. The van der Waals surface area contributed by atoms with Gasteiger partial charge >= 0.3 is 6.03 Å². The summed E-state index contributed by atoms with van der Waals surface area (Å²) in [4.78, 5) is 14.1. The maximum absolute atomic E-state index is 12.4. The molecule has 1 aliphatic rings. The van der Waals surface area contributed by atoms with Gasteiger partial charge in [-0.1, -0.05) is 35.3 Å². The highest BCUT2D eigenvalue weighted by Crippen LogP contribution is 2.34. The Morgan fingerprint density at radius 3 is 2.76 bits per heavy atom.